The van der Waals surface area contributed by atoms with Crippen molar-refractivity contribution in [3.05, 3.63) is 78.4 Å². The van der Waals surface area contributed by atoms with Gasteiger partial charge in [0.2, 0.25) is 6.10 Å². The second-order valence-corrected chi connectivity index (χ2v) is 9.34. The number of likely N-dealkylation sites (tertiary alicyclic amines) is 1. The summed E-state index contributed by atoms with van der Waals surface area (Å²) >= 11 is 0. The van der Waals surface area contributed by atoms with Crippen LogP contribution in [0.3, 0.4) is 0 Å². The van der Waals surface area contributed by atoms with Gasteiger partial charge in [0.05, 0.1) is 5.71 Å². The van der Waals surface area contributed by atoms with E-state index in [0.717, 1.165) is 22.0 Å². The molecular formula is C28H28N4O5. The highest BCUT2D eigenvalue weighted by Gasteiger charge is 2.54. The van der Waals surface area contributed by atoms with E-state index in [1.807, 2.05) is 66.7 Å². The number of benzene rings is 3. The molecule has 2 atom stereocenters. The molecule has 9 heteroatoms. The predicted molar refractivity (Wildman–Crippen MR) is 138 cm³/mol. The third-order valence-corrected chi connectivity index (χ3v) is 6.94. The molecule has 9 nitrogen and oxygen atoms in total. The van der Waals surface area contributed by atoms with Gasteiger partial charge in [-0.15, -0.1) is 0 Å². The lowest BCUT2D eigenvalue weighted by Gasteiger charge is -2.40. The number of piperidine rings is 1. The number of nitrogens with zero attached hydrogens (tertiary/aromatic N) is 3. The highest BCUT2D eigenvalue weighted by molar-refractivity contribution is 6.13. The molecule has 0 bridgehead atoms. The minimum Gasteiger partial charge on any atom is -0.488 e. The van der Waals surface area contributed by atoms with Crippen LogP contribution < -0.4 is 10.5 Å². The van der Waals surface area contributed by atoms with Crippen molar-refractivity contribution in [3.63, 3.8) is 0 Å². The van der Waals surface area contributed by atoms with Gasteiger partial charge in [0.25, 0.3) is 11.8 Å². The highest BCUT2D eigenvalue weighted by atomic mass is 16.6. The van der Waals surface area contributed by atoms with Crippen LogP contribution in [-0.2, 0) is 20.7 Å². The Morgan fingerprint density at radius 3 is 2.57 bits per heavy atom. The number of rotatable bonds is 7. The number of ether oxygens (including phenoxy) is 2. The lowest BCUT2D eigenvalue weighted by molar-refractivity contribution is -0.146. The lowest BCUT2D eigenvalue weighted by atomic mass is 9.73. The summed E-state index contributed by atoms with van der Waals surface area (Å²) in [6, 6.07) is 22.9. The Bertz CT molecular complexity index is 1370. The van der Waals surface area contributed by atoms with Crippen molar-refractivity contribution in [1.29, 1.82) is 0 Å². The van der Waals surface area contributed by atoms with E-state index in [-0.39, 0.29) is 19.1 Å². The van der Waals surface area contributed by atoms with Crippen molar-refractivity contribution >= 4 is 34.4 Å². The number of hydrazone groups is 1. The molecule has 2 heterocycles. The zero-order chi connectivity index (χ0) is 26.0. The number of hydrogen-bond donors (Lipinski definition) is 1. The number of amides is 3. The summed E-state index contributed by atoms with van der Waals surface area (Å²) in [5.41, 5.74) is 6.06. The molecule has 2 aliphatic heterocycles. The van der Waals surface area contributed by atoms with Crippen LogP contribution in [0.4, 0.5) is 4.79 Å². The third-order valence-electron chi connectivity index (χ3n) is 6.94. The van der Waals surface area contributed by atoms with Crippen LogP contribution in [0, 0.1) is 5.41 Å². The summed E-state index contributed by atoms with van der Waals surface area (Å²) in [7, 11) is 1.63. The summed E-state index contributed by atoms with van der Waals surface area (Å²) < 4.78 is 11.2. The molecule has 37 heavy (non-hydrogen) atoms. The van der Waals surface area contributed by atoms with Crippen molar-refractivity contribution in [2.75, 3.05) is 26.7 Å². The van der Waals surface area contributed by atoms with Crippen LogP contribution in [0.15, 0.2) is 77.9 Å². The number of fused-ring (bicyclic) bond motifs is 2. The summed E-state index contributed by atoms with van der Waals surface area (Å²) in [6.45, 7) is 0.241. The molecule has 0 radical (unpaired) electrons. The zero-order valence-electron chi connectivity index (χ0n) is 20.5. The quantitative estimate of drug-likeness (QED) is 0.536. The first-order valence-electron chi connectivity index (χ1n) is 12.1. The first kappa shape index (κ1) is 24.3. The average Bonchev–Trinajstić information content (AvgIpc) is 3.15. The third kappa shape index (κ3) is 4.72. The Morgan fingerprint density at radius 2 is 1.78 bits per heavy atom. The van der Waals surface area contributed by atoms with Gasteiger partial charge in [-0.25, -0.2) is 9.80 Å². The molecule has 2 aliphatic rings. The van der Waals surface area contributed by atoms with Gasteiger partial charge in [0.1, 0.15) is 17.8 Å². The first-order chi connectivity index (χ1) is 17.9. The van der Waals surface area contributed by atoms with E-state index in [9.17, 15) is 14.4 Å². The summed E-state index contributed by atoms with van der Waals surface area (Å²) in [5.74, 6) is -0.0683. The Labute approximate surface area is 214 Å². The highest BCUT2D eigenvalue weighted by Crippen LogP contribution is 2.38. The van der Waals surface area contributed by atoms with Gasteiger partial charge >= 0.3 is 6.09 Å². The fraction of sp³-hybridized carbons (Fsp3) is 0.286. The molecule has 0 aromatic heterocycles. The van der Waals surface area contributed by atoms with Gasteiger partial charge in [0, 0.05) is 31.9 Å². The smallest absolute Gasteiger partial charge is 0.405 e. The molecular weight excluding hydrogens is 472 g/mol. The molecule has 2 N–H and O–H groups in total. The molecule has 3 amide bonds. The SMILES string of the molecule is CN1N=C2CCN(C(=O)[C@@H](COc3cccc4ccccc34)OC(N)=O)C[C@@]2(Cc2ccccc2)C1=O. The molecule has 0 unspecified atom stereocenters. The number of nitrogens with two attached hydrogens (primary N) is 1. The summed E-state index contributed by atoms with van der Waals surface area (Å²) in [5, 5.41) is 7.69. The second kappa shape index (κ2) is 9.93. The minimum absolute atomic E-state index is 0.121. The van der Waals surface area contributed by atoms with Crippen molar-refractivity contribution in [3.8, 4) is 5.75 Å². The van der Waals surface area contributed by atoms with Crippen LogP contribution >= 0.6 is 0 Å². The minimum atomic E-state index is -1.27. The molecule has 0 saturated carbocycles. The number of primary amides is 1. The predicted octanol–water partition coefficient (Wildman–Crippen LogP) is 2.97. The van der Waals surface area contributed by atoms with E-state index in [1.165, 1.54) is 5.01 Å². The number of hydrogen-bond acceptors (Lipinski definition) is 6. The maximum absolute atomic E-state index is 13.6. The van der Waals surface area contributed by atoms with E-state index in [1.54, 1.807) is 18.0 Å². The van der Waals surface area contributed by atoms with E-state index in [0.29, 0.717) is 25.1 Å². The van der Waals surface area contributed by atoms with Crippen molar-refractivity contribution in [1.82, 2.24) is 9.91 Å². The fourth-order valence-electron chi connectivity index (χ4n) is 5.20. The maximum Gasteiger partial charge on any atom is 0.405 e. The van der Waals surface area contributed by atoms with Gasteiger partial charge in [-0.05, 0) is 23.4 Å². The average molecular weight is 501 g/mol. The normalized spacial score (nSPS) is 19.8. The van der Waals surface area contributed by atoms with Crippen LogP contribution in [0.1, 0.15) is 12.0 Å². The number of carbonyl (C=O) groups is 3. The Morgan fingerprint density at radius 1 is 1.05 bits per heavy atom. The van der Waals surface area contributed by atoms with E-state index >= 15 is 0 Å². The summed E-state index contributed by atoms with van der Waals surface area (Å²) in [6.07, 6.45) is -1.50. The molecule has 0 spiro atoms. The molecule has 190 valence electrons. The van der Waals surface area contributed by atoms with Crippen LogP contribution in [0.2, 0.25) is 0 Å². The summed E-state index contributed by atoms with van der Waals surface area (Å²) in [4.78, 5) is 40.2. The van der Waals surface area contributed by atoms with Gasteiger partial charge in [-0.3, -0.25) is 9.59 Å². The standard InChI is InChI=1S/C28H28N4O5/c1-31-26(34)28(16-19-8-3-2-4-9-19)18-32(15-14-24(28)30-31)25(33)23(37-27(29)35)17-36-22-13-7-11-20-10-5-6-12-21(20)22/h2-13,23H,14-18H2,1H3,(H2,29,35)/t23-,28-/m1/s1. The van der Waals surface area contributed by atoms with Crippen LogP contribution in [0.25, 0.3) is 10.8 Å². The Kier molecular flexibility index (Phi) is 6.52. The van der Waals surface area contributed by atoms with Crippen molar-refractivity contribution < 1.29 is 23.9 Å². The Hall–Kier alpha value is -4.40. The second-order valence-electron chi connectivity index (χ2n) is 9.34. The zero-order valence-corrected chi connectivity index (χ0v) is 20.5. The van der Waals surface area contributed by atoms with E-state index in [4.69, 9.17) is 15.2 Å². The van der Waals surface area contributed by atoms with Gasteiger partial charge < -0.3 is 20.1 Å². The molecule has 3 aromatic carbocycles. The number of carbonyl (C=O) groups excluding carboxylic acids is 3. The van der Waals surface area contributed by atoms with Gasteiger partial charge in [0.15, 0.2) is 0 Å². The Balaban J connectivity index is 1.38. The van der Waals surface area contributed by atoms with Crippen molar-refractivity contribution in [2.45, 2.75) is 18.9 Å². The first-order valence-corrected chi connectivity index (χ1v) is 12.1. The molecule has 1 fully saturated rings. The lowest BCUT2D eigenvalue weighted by Crippen LogP contribution is -2.58. The van der Waals surface area contributed by atoms with Crippen LogP contribution in [0.5, 0.6) is 5.75 Å². The van der Waals surface area contributed by atoms with E-state index < -0.39 is 23.5 Å². The molecule has 0 aliphatic carbocycles. The van der Waals surface area contributed by atoms with E-state index in [2.05, 4.69) is 5.10 Å². The van der Waals surface area contributed by atoms with Crippen LogP contribution in [-0.4, -0.2) is 66.4 Å². The van der Waals surface area contributed by atoms with Gasteiger partial charge in [-0.1, -0.05) is 66.7 Å². The molecule has 3 aromatic rings. The largest absolute Gasteiger partial charge is 0.488 e. The fourth-order valence-corrected chi connectivity index (χ4v) is 5.20. The van der Waals surface area contributed by atoms with Crippen molar-refractivity contribution in [2.24, 2.45) is 16.3 Å². The topological polar surface area (TPSA) is 115 Å². The van der Waals surface area contributed by atoms with Gasteiger partial charge in [-0.2, -0.15) is 5.10 Å². The monoisotopic (exact) mass is 500 g/mol. The maximum atomic E-state index is 13.6. The molecule has 5 rings (SSSR count). The molecule has 1 saturated heterocycles.